The predicted octanol–water partition coefficient (Wildman–Crippen LogP) is 7.80. The number of nitro groups is 2. The number of amides is 2. The third kappa shape index (κ3) is 8.92. The van der Waals surface area contributed by atoms with E-state index in [2.05, 4.69) is 10.6 Å². The lowest BCUT2D eigenvalue weighted by Gasteiger charge is -2.06. The number of benzene rings is 5. The van der Waals surface area contributed by atoms with Crippen molar-refractivity contribution in [1.82, 2.24) is 0 Å². The van der Waals surface area contributed by atoms with Crippen LogP contribution in [0.4, 0.5) is 22.7 Å². The van der Waals surface area contributed by atoms with Gasteiger partial charge >= 0.3 is 0 Å². The van der Waals surface area contributed by atoms with Gasteiger partial charge in [0.05, 0.1) is 9.85 Å². The highest BCUT2D eigenvalue weighted by molar-refractivity contribution is 6.10. The van der Waals surface area contributed by atoms with Crippen molar-refractivity contribution >= 4 is 58.3 Å². The molecule has 5 aromatic rings. The molecule has 0 spiro atoms. The Morgan fingerprint density at radius 2 is 0.840 bits per heavy atom. The maximum absolute atomic E-state index is 12.8. The van der Waals surface area contributed by atoms with Crippen LogP contribution in [0.3, 0.4) is 0 Å². The van der Waals surface area contributed by atoms with E-state index in [4.69, 9.17) is 0 Å². The molecule has 5 rings (SSSR count). The van der Waals surface area contributed by atoms with Crippen molar-refractivity contribution in [1.29, 1.82) is 0 Å². The molecular weight excluding hydrogens is 640 g/mol. The summed E-state index contributed by atoms with van der Waals surface area (Å²) in [4.78, 5) is 71.4. The Hall–Kier alpha value is -7.34. The topological polar surface area (TPSA) is 179 Å². The summed E-state index contributed by atoms with van der Waals surface area (Å²) in [5, 5.41) is 27.0. The van der Waals surface area contributed by atoms with Gasteiger partial charge in [0.1, 0.15) is 0 Å². The Morgan fingerprint density at radius 3 is 1.18 bits per heavy atom. The zero-order chi connectivity index (χ0) is 35.6. The molecule has 2 N–H and O–H groups in total. The van der Waals surface area contributed by atoms with Gasteiger partial charge < -0.3 is 10.6 Å². The number of hydrogen-bond acceptors (Lipinski definition) is 8. The van der Waals surface area contributed by atoms with Crippen LogP contribution in [0.1, 0.15) is 52.6 Å². The summed E-state index contributed by atoms with van der Waals surface area (Å²) in [6.45, 7) is 0. The van der Waals surface area contributed by atoms with E-state index in [-0.39, 0.29) is 34.1 Å². The van der Waals surface area contributed by atoms with Gasteiger partial charge in [-0.15, -0.1) is 0 Å². The number of carbonyl (C=O) groups is 4. The van der Waals surface area contributed by atoms with Crippen molar-refractivity contribution in [2.45, 2.75) is 0 Å². The van der Waals surface area contributed by atoms with E-state index in [0.29, 0.717) is 22.5 Å². The van der Waals surface area contributed by atoms with E-state index in [1.165, 1.54) is 72.8 Å². The first-order chi connectivity index (χ1) is 24.0. The molecule has 12 nitrogen and oxygen atoms in total. The van der Waals surface area contributed by atoms with Crippen LogP contribution in [-0.4, -0.2) is 33.2 Å². The van der Waals surface area contributed by atoms with E-state index < -0.39 is 21.7 Å². The average Bonchev–Trinajstić information content (AvgIpc) is 3.13. The van der Waals surface area contributed by atoms with Gasteiger partial charge in [0.2, 0.25) is 0 Å². The maximum Gasteiger partial charge on any atom is 0.269 e. The first-order valence-corrected chi connectivity index (χ1v) is 14.9. The normalized spacial score (nSPS) is 10.9. The molecule has 0 aromatic heterocycles. The molecule has 12 heteroatoms. The maximum atomic E-state index is 12.8. The Morgan fingerprint density at radius 1 is 0.480 bits per heavy atom. The van der Waals surface area contributed by atoms with Crippen molar-refractivity contribution in [3.63, 3.8) is 0 Å². The number of anilines is 2. The van der Waals surface area contributed by atoms with Gasteiger partial charge in [0, 0.05) is 57.9 Å². The molecule has 0 aliphatic rings. The van der Waals surface area contributed by atoms with E-state index in [0.717, 1.165) is 11.1 Å². The van der Waals surface area contributed by atoms with Gasteiger partial charge in [0.15, 0.2) is 11.6 Å². The minimum Gasteiger partial charge on any atom is -0.322 e. The van der Waals surface area contributed by atoms with Crippen LogP contribution in [-0.2, 0) is 0 Å². The lowest BCUT2D eigenvalue weighted by Crippen LogP contribution is -2.12. The zero-order valence-corrected chi connectivity index (χ0v) is 26.0. The number of nitro benzene ring substituents is 2. The van der Waals surface area contributed by atoms with Crippen LogP contribution in [0.15, 0.2) is 133 Å². The van der Waals surface area contributed by atoms with Gasteiger partial charge in [-0.3, -0.25) is 39.4 Å². The number of allylic oxidation sites excluding steroid dienone is 2. The standard InChI is InChI=1S/C38H26N4O8/c43-35(29-3-1-5-31(23-29)39-37(45)27-13-17-33(18-14-27)41(47)48)21-11-25-7-9-26(10-8-25)12-22-36(44)30-4-2-6-32(24-30)40-38(46)28-15-19-34(20-16-28)42(49)50/h1-24H,(H,39,45)(H,40,46). The van der Waals surface area contributed by atoms with Crippen molar-refractivity contribution < 1.29 is 29.0 Å². The summed E-state index contributed by atoms with van der Waals surface area (Å²) < 4.78 is 0. The second-order valence-electron chi connectivity index (χ2n) is 10.7. The molecule has 0 aliphatic carbocycles. The van der Waals surface area contributed by atoms with Crippen LogP contribution < -0.4 is 10.6 Å². The highest BCUT2D eigenvalue weighted by Crippen LogP contribution is 2.19. The number of non-ortho nitro benzene ring substituents is 2. The summed E-state index contributed by atoms with van der Waals surface area (Å²) >= 11 is 0. The van der Waals surface area contributed by atoms with Crippen LogP contribution in [0.2, 0.25) is 0 Å². The van der Waals surface area contributed by atoms with Crippen molar-refractivity contribution in [3.8, 4) is 0 Å². The fourth-order valence-electron chi connectivity index (χ4n) is 4.63. The molecule has 0 bridgehead atoms. The quantitative estimate of drug-likeness (QED) is 0.0586. The molecular formula is C38H26N4O8. The second-order valence-corrected chi connectivity index (χ2v) is 10.7. The van der Waals surface area contributed by atoms with Gasteiger partial charge in [-0.25, -0.2) is 0 Å². The van der Waals surface area contributed by atoms with Gasteiger partial charge in [-0.2, -0.15) is 0 Å². The first-order valence-electron chi connectivity index (χ1n) is 14.9. The molecule has 0 aliphatic heterocycles. The molecule has 5 aromatic carbocycles. The number of carbonyl (C=O) groups excluding carboxylic acids is 4. The molecule has 2 amide bonds. The van der Waals surface area contributed by atoms with Crippen LogP contribution in [0.5, 0.6) is 0 Å². The van der Waals surface area contributed by atoms with Gasteiger partial charge in [-0.05, 0) is 71.8 Å². The van der Waals surface area contributed by atoms with E-state index in [1.807, 2.05) is 0 Å². The third-order valence-electron chi connectivity index (χ3n) is 7.28. The molecule has 0 saturated carbocycles. The number of nitrogens with zero attached hydrogens (tertiary/aromatic N) is 2. The van der Waals surface area contributed by atoms with Gasteiger partial charge in [-0.1, -0.05) is 60.7 Å². The Labute approximate surface area is 284 Å². The van der Waals surface area contributed by atoms with E-state index >= 15 is 0 Å². The average molecular weight is 667 g/mol. The highest BCUT2D eigenvalue weighted by Gasteiger charge is 2.13. The van der Waals surface area contributed by atoms with Crippen molar-refractivity contribution in [3.05, 3.63) is 187 Å². The van der Waals surface area contributed by atoms with Crippen molar-refractivity contribution in [2.24, 2.45) is 0 Å². The first kappa shape index (κ1) is 34.0. The predicted molar refractivity (Wildman–Crippen MR) is 188 cm³/mol. The fourth-order valence-corrected chi connectivity index (χ4v) is 4.63. The minimum atomic E-state index is -0.553. The third-order valence-corrected chi connectivity index (χ3v) is 7.28. The molecule has 0 radical (unpaired) electrons. The van der Waals surface area contributed by atoms with Crippen LogP contribution >= 0.6 is 0 Å². The Kier molecular flexibility index (Phi) is 10.5. The zero-order valence-electron chi connectivity index (χ0n) is 26.0. The molecule has 0 heterocycles. The number of hydrogen-bond donors (Lipinski definition) is 2. The molecule has 50 heavy (non-hydrogen) atoms. The molecule has 0 saturated heterocycles. The van der Waals surface area contributed by atoms with Crippen LogP contribution in [0.25, 0.3) is 12.2 Å². The van der Waals surface area contributed by atoms with Crippen LogP contribution in [0, 0.1) is 20.2 Å². The number of nitrogens with one attached hydrogen (secondary N) is 2. The largest absolute Gasteiger partial charge is 0.322 e. The summed E-state index contributed by atoms with van der Waals surface area (Å²) in [5.74, 6) is -1.54. The molecule has 0 atom stereocenters. The summed E-state index contributed by atoms with van der Waals surface area (Å²) in [7, 11) is 0. The molecule has 246 valence electrons. The Bertz CT molecular complexity index is 2020. The highest BCUT2D eigenvalue weighted by atomic mass is 16.6. The van der Waals surface area contributed by atoms with E-state index in [1.54, 1.807) is 72.8 Å². The minimum absolute atomic E-state index is 0.130. The SMILES string of the molecule is O=C(C=Cc1ccc(C=CC(=O)c2cccc(NC(=O)c3ccc([N+](=O)[O-])cc3)c2)cc1)c1cccc(NC(=O)c2ccc([N+](=O)[O-])cc2)c1. The monoisotopic (exact) mass is 666 g/mol. The smallest absolute Gasteiger partial charge is 0.269 e. The lowest BCUT2D eigenvalue weighted by molar-refractivity contribution is -0.385. The molecule has 0 fully saturated rings. The number of ketones is 2. The number of rotatable bonds is 12. The summed E-state index contributed by atoms with van der Waals surface area (Å²) in [6.07, 6.45) is 6.08. The van der Waals surface area contributed by atoms with Gasteiger partial charge in [0.25, 0.3) is 23.2 Å². The summed E-state index contributed by atoms with van der Waals surface area (Å²) in [6, 6.07) is 30.3. The molecule has 0 unspecified atom stereocenters. The lowest BCUT2D eigenvalue weighted by atomic mass is 10.1. The second kappa shape index (κ2) is 15.5. The summed E-state index contributed by atoms with van der Waals surface area (Å²) in [5.41, 5.74) is 3.13. The Balaban J connectivity index is 1.15. The fraction of sp³-hybridized carbons (Fsp3) is 0. The van der Waals surface area contributed by atoms with E-state index in [9.17, 15) is 39.4 Å². The van der Waals surface area contributed by atoms with Crippen molar-refractivity contribution in [2.75, 3.05) is 10.6 Å².